The lowest BCUT2D eigenvalue weighted by Gasteiger charge is -2.42. The highest BCUT2D eigenvalue weighted by molar-refractivity contribution is 5.85. The molecule has 2 aliphatic rings. The van der Waals surface area contributed by atoms with Crippen molar-refractivity contribution in [1.29, 1.82) is 0 Å². The molecule has 8 nitrogen and oxygen atoms in total. The molecule has 1 saturated heterocycles. The van der Waals surface area contributed by atoms with Gasteiger partial charge < -0.3 is 15.2 Å². The first kappa shape index (κ1) is 25.1. The van der Waals surface area contributed by atoms with E-state index in [1.54, 1.807) is 23.5 Å². The average Bonchev–Trinajstić information content (AvgIpc) is 3.27. The molecule has 12 heteroatoms. The third kappa shape index (κ3) is 5.01. The number of likely N-dealkylation sites (tertiary alicyclic amines) is 1. The monoisotopic (exact) mass is 507 g/mol. The predicted octanol–water partition coefficient (Wildman–Crippen LogP) is 2.87. The first-order chi connectivity index (χ1) is 16.4. The van der Waals surface area contributed by atoms with Crippen LogP contribution in [0.1, 0.15) is 36.7 Å². The molecule has 5 rings (SSSR count). The number of benzene rings is 1. The van der Waals surface area contributed by atoms with Gasteiger partial charge in [-0.2, -0.15) is 0 Å². The van der Waals surface area contributed by atoms with Crippen LogP contribution in [0.4, 0.5) is 13.2 Å². The van der Waals surface area contributed by atoms with E-state index in [1.165, 1.54) is 0 Å². The minimum Gasteiger partial charge on any atom is -0.342 e. The van der Waals surface area contributed by atoms with Crippen molar-refractivity contribution in [1.82, 2.24) is 29.6 Å². The van der Waals surface area contributed by atoms with Crippen molar-refractivity contribution >= 4 is 18.3 Å². The standard InChI is InChI=1S/C23H24F3N7O.ClH/c24-16-10-18(26)17(25)8-14(16)7-15(27)9-22(34)32-6-3-20-13(12-32)1-2-21-30-31-23(33(20)21)19-11-28-4-5-29-19;/h4-5,8,10-11,13,15,20H,1-3,6-7,9,12,27H2;1H/t13-,15+,20+;/m0./s1. The fraction of sp³-hybridized carbons (Fsp3) is 0.435. The predicted molar refractivity (Wildman–Crippen MR) is 123 cm³/mol. The fourth-order valence-corrected chi connectivity index (χ4v) is 5.04. The summed E-state index contributed by atoms with van der Waals surface area (Å²) in [7, 11) is 0. The number of hydrogen-bond donors (Lipinski definition) is 1. The molecule has 3 aromatic rings. The molecule has 1 amide bonds. The Morgan fingerprint density at radius 1 is 1.11 bits per heavy atom. The molecule has 0 unspecified atom stereocenters. The Hall–Kier alpha value is -3.05. The van der Waals surface area contributed by atoms with Crippen molar-refractivity contribution in [2.75, 3.05) is 13.1 Å². The number of amides is 1. The molecule has 3 atom stereocenters. The SMILES string of the molecule is Cl.N[C@@H](CC(=O)N1CC[C@@H]2[C@@H](CCc3nnc(-c4cnccn4)n32)C1)Cc1cc(F)c(F)cc1F. The quantitative estimate of drug-likeness (QED) is 0.533. The van der Waals surface area contributed by atoms with Gasteiger partial charge >= 0.3 is 0 Å². The minimum absolute atomic E-state index is 0. The molecule has 2 aliphatic heterocycles. The van der Waals surface area contributed by atoms with Crippen LogP contribution in [-0.2, 0) is 17.6 Å². The maximum Gasteiger partial charge on any atom is 0.224 e. The number of piperidine rings is 1. The van der Waals surface area contributed by atoms with Crippen molar-refractivity contribution in [2.24, 2.45) is 11.7 Å². The normalized spacial score (nSPS) is 19.9. The van der Waals surface area contributed by atoms with Gasteiger partial charge in [0.1, 0.15) is 17.3 Å². The zero-order valence-electron chi connectivity index (χ0n) is 18.8. The molecular weight excluding hydrogens is 483 g/mol. The summed E-state index contributed by atoms with van der Waals surface area (Å²) in [5.74, 6) is -1.54. The lowest BCUT2D eigenvalue weighted by molar-refractivity contribution is -0.134. The van der Waals surface area contributed by atoms with E-state index in [9.17, 15) is 18.0 Å². The van der Waals surface area contributed by atoms with Crippen molar-refractivity contribution in [3.63, 3.8) is 0 Å². The number of nitrogens with two attached hydrogens (primary N) is 1. The van der Waals surface area contributed by atoms with Crippen molar-refractivity contribution in [3.05, 3.63) is 59.6 Å². The van der Waals surface area contributed by atoms with Gasteiger partial charge in [-0.05, 0) is 36.8 Å². The van der Waals surface area contributed by atoms with Gasteiger partial charge in [0.25, 0.3) is 0 Å². The summed E-state index contributed by atoms with van der Waals surface area (Å²) in [6.45, 7) is 1.12. The number of hydrogen-bond acceptors (Lipinski definition) is 6. The summed E-state index contributed by atoms with van der Waals surface area (Å²) < 4.78 is 42.7. The number of nitrogens with zero attached hydrogens (tertiary/aromatic N) is 6. The van der Waals surface area contributed by atoms with Crippen LogP contribution in [0.15, 0.2) is 30.7 Å². The van der Waals surface area contributed by atoms with E-state index >= 15 is 0 Å². The molecule has 0 spiro atoms. The minimum atomic E-state index is -1.25. The van der Waals surface area contributed by atoms with Crippen molar-refractivity contribution < 1.29 is 18.0 Å². The van der Waals surface area contributed by atoms with Gasteiger partial charge in [0.15, 0.2) is 17.5 Å². The van der Waals surface area contributed by atoms with Crippen LogP contribution in [0.5, 0.6) is 0 Å². The van der Waals surface area contributed by atoms with E-state index in [4.69, 9.17) is 5.73 Å². The number of carbonyl (C=O) groups is 1. The zero-order chi connectivity index (χ0) is 23.8. The molecule has 1 aromatic carbocycles. The Morgan fingerprint density at radius 2 is 1.91 bits per heavy atom. The first-order valence-corrected chi connectivity index (χ1v) is 11.3. The summed E-state index contributed by atoms with van der Waals surface area (Å²) in [5.41, 5.74) is 6.69. The van der Waals surface area contributed by atoms with Gasteiger partial charge in [-0.25, -0.2) is 18.2 Å². The Balaban J connectivity index is 0.00000289. The number of carbonyl (C=O) groups excluding carboxylic acids is 1. The maximum atomic E-state index is 13.9. The second-order valence-corrected chi connectivity index (χ2v) is 8.92. The molecule has 2 N–H and O–H groups in total. The van der Waals surface area contributed by atoms with E-state index in [2.05, 4.69) is 24.7 Å². The molecular formula is C23H25ClF3N7O. The summed E-state index contributed by atoms with van der Waals surface area (Å²) >= 11 is 0. The van der Waals surface area contributed by atoms with Crippen LogP contribution in [-0.4, -0.2) is 54.7 Å². The van der Waals surface area contributed by atoms with E-state index in [0.717, 1.165) is 31.2 Å². The summed E-state index contributed by atoms with van der Waals surface area (Å²) in [6, 6.07) is 0.753. The Bertz CT molecular complexity index is 1210. The highest BCUT2D eigenvalue weighted by atomic mass is 35.5. The molecule has 35 heavy (non-hydrogen) atoms. The highest BCUT2D eigenvalue weighted by Crippen LogP contribution is 2.39. The van der Waals surface area contributed by atoms with Crippen LogP contribution < -0.4 is 5.73 Å². The molecule has 0 radical (unpaired) electrons. The van der Waals surface area contributed by atoms with Crippen molar-refractivity contribution in [2.45, 2.75) is 44.2 Å². The lowest BCUT2D eigenvalue weighted by atomic mass is 9.84. The molecule has 2 aromatic heterocycles. The summed E-state index contributed by atoms with van der Waals surface area (Å²) in [5, 5.41) is 8.69. The van der Waals surface area contributed by atoms with E-state index < -0.39 is 23.5 Å². The van der Waals surface area contributed by atoms with Gasteiger partial charge in [-0.15, -0.1) is 22.6 Å². The fourth-order valence-electron chi connectivity index (χ4n) is 5.04. The second-order valence-electron chi connectivity index (χ2n) is 8.92. The number of aryl methyl sites for hydroxylation is 1. The van der Waals surface area contributed by atoms with E-state index in [-0.39, 0.29) is 48.7 Å². The van der Waals surface area contributed by atoms with E-state index in [0.29, 0.717) is 30.7 Å². The molecule has 4 heterocycles. The molecule has 186 valence electrons. The highest BCUT2D eigenvalue weighted by Gasteiger charge is 2.38. The second kappa shape index (κ2) is 10.3. The first-order valence-electron chi connectivity index (χ1n) is 11.3. The van der Waals surface area contributed by atoms with Crippen LogP contribution in [0.3, 0.4) is 0 Å². The number of halogens is 4. The van der Waals surface area contributed by atoms with Crippen LogP contribution in [0, 0.1) is 23.4 Å². The molecule has 0 bridgehead atoms. The summed E-state index contributed by atoms with van der Waals surface area (Å²) in [6.07, 6.45) is 7.21. The maximum absolute atomic E-state index is 13.9. The average molecular weight is 508 g/mol. The van der Waals surface area contributed by atoms with Crippen LogP contribution >= 0.6 is 12.4 Å². The molecule has 1 fully saturated rings. The van der Waals surface area contributed by atoms with E-state index in [1.807, 2.05) is 0 Å². The number of aromatic nitrogens is 5. The third-order valence-corrected chi connectivity index (χ3v) is 6.68. The molecule has 0 aliphatic carbocycles. The van der Waals surface area contributed by atoms with Gasteiger partial charge in [0.05, 0.1) is 6.20 Å². The van der Waals surface area contributed by atoms with Gasteiger partial charge in [0.2, 0.25) is 5.91 Å². The largest absolute Gasteiger partial charge is 0.342 e. The van der Waals surface area contributed by atoms with Gasteiger partial charge in [0, 0.05) is 56.5 Å². The van der Waals surface area contributed by atoms with Crippen LogP contribution in [0.2, 0.25) is 0 Å². The smallest absolute Gasteiger partial charge is 0.224 e. The van der Waals surface area contributed by atoms with Crippen LogP contribution in [0.25, 0.3) is 11.5 Å². The zero-order valence-corrected chi connectivity index (χ0v) is 19.6. The number of rotatable bonds is 5. The Kier molecular flexibility index (Phi) is 7.36. The topological polar surface area (TPSA) is 103 Å². The Morgan fingerprint density at radius 3 is 2.69 bits per heavy atom. The van der Waals surface area contributed by atoms with Gasteiger partial charge in [-0.3, -0.25) is 9.78 Å². The van der Waals surface area contributed by atoms with Gasteiger partial charge in [-0.1, -0.05) is 0 Å². The van der Waals surface area contributed by atoms with Crippen molar-refractivity contribution in [3.8, 4) is 11.5 Å². The number of fused-ring (bicyclic) bond motifs is 3. The Labute approximate surface area is 206 Å². The third-order valence-electron chi connectivity index (χ3n) is 6.68. The lowest BCUT2D eigenvalue weighted by Crippen LogP contribution is -2.47. The molecule has 0 saturated carbocycles. The summed E-state index contributed by atoms with van der Waals surface area (Å²) in [4.78, 5) is 23.2.